The molecule has 0 N–H and O–H groups in total. The Hall–Kier alpha value is -0.330. The molecule has 0 aliphatic rings. The molecule has 0 spiro atoms. The van der Waals surface area contributed by atoms with Crippen molar-refractivity contribution in [3.8, 4) is 0 Å². The van der Waals surface area contributed by atoms with Crippen molar-refractivity contribution in [3.05, 3.63) is 0 Å². The van der Waals surface area contributed by atoms with E-state index < -0.39 is 0 Å². The monoisotopic (exact) mass is 198 g/mol. The Morgan fingerprint density at radius 2 is 1.79 bits per heavy atom. The number of unbranched alkanes of at least 4 members (excludes halogenated alkanes) is 1. The van der Waals surface area contributed by atoms with E-state index in [1.807, 2.05) is 0 Å². The maximum atomic E-state index is 11.3. The van der Waals surface area contributed by atoms with E-state index in [1.54, 1.807) is 6.92 Å². The average molecular weight is 198 g/mol. The molecule has 0 saturated carbocycles. The zero-order chi connectivity index (χ0) is 11.0. The first-order valence-corrected chi connectivity index (χ1v) is 6.16. The third kappa shape index (κ3) is 5.41. The van der Waals surface area contributed by atoms with E-state index in [2.05, 4.69) is 20.8 Å². The average Bonchev–Trinajstić information content (AvgIpc) is 2.18. The van der Waals surface area contributed by atoms with Crippen LogP contribution in [0.4, 0.5) is 0 Å². The van der Waals surface area contributed by atoms with Gasteiger partial charge in [-0.2, -0.15) is 0 Å². The molecular weight excluding hydrogens is 172 g/mol. The van der Waals surface area contributed by atoms with E-state index in [0.29, 0.717) is 11.7 Å². The van der Waals surface area contributed by atoms with E-state index >= 15 is 0 Å². The number of hydrogen-bond donors (Lipinski definition) is 0. The summed E-state index contributed by atoms with van der Waals surface area (Å²) in [6.07, 6.45) is 7.24. The quantitative estimate of drug-likeness (QED) is 0.571. The number of carbonyl (C=O) groups is 1. The molecule has 0 aromatic heterocycles. The van der Waals surface area contributed by atoms with Gasteiger partial charge in [-0.15, -0.1) is 0 Å². The minimum absolute atomic E-state index is 0.316. The van der Waals surface area contributed by atoms with Crippen molar-refractivity contribution in [1.29, 1.82) is 0 Å². The van der Waals surface area contributed by atoms with Crippen LogP contribution in [0.5, 0.6) is 0 Å². The Balaban J connectivity index is 3.94. The summed E-state index contributed by atoms with van der Waals surface area (Å²) in [4.78, 5) is 11.3. The molecule has 1 nitrogen and oxygen atoms in total. The molecule has 84 valence electrons. The van der Waals surface area contributed by atoms with Gasteiger partial charge in [0.05, 0.1) is 0 Å². The molecule has 0 aliphatic carbocycles. The molecule has 0 saturated heterocycles. The molecule has 0 bridgehead atoms. The molecule has 2 atom stereocenters. The summed E-state index contributed by atoms with van der Waals surface area (Å²) < 4.78 is 0. The first kappa shape index (κ1) is 13.7. The Labute approximate surface area is 89.3 Å². The van der Waals surface area contributed by atoms with Crippen LogP contribution in [0.2, 0.25) is 0 Å². The number of Topliss-reactive ketones (excluding diaryl/α,β-unsaturated/α-hetero) is 1. The molecule has 1 heteroatoms. The van der Waals surface area contributed by atoms with Gasteiger partial charge in [0.1, 0.15) is 5.78 Å². The number of ketones is 1. The second-order valence-corrected chi connectivity index (χ2v) is 4.37. The lowest BCUT2D eigenvalue weighted by Gasteiger charge is -2.19. The summed E-state index contributed by atoms with van der Waals surface area (Å²) in [5, 5.41) is 0. The second kappa shape index (κ2) is 8.02. The lowest BCUT2D eigenvalue weighted by atomic mass is 9.85. The standard InChI is InChI=1S/C13H26O/c1-5-8-9-12(6-2)10-13(7-3)11(4)14/h12-13H,5-10H2,1-4H3. The van der Waals surface area contributed by atoms with E-state index in [1.165, 1.54) is 25.7 Å². The maximum absolute atomic E-state index is 11.3. The minimum Gasteiger partial charge on any atom is -0.300 e. The normalized spacial score (nSPS) is 15.1. The van der Waals surface area contributed by atoms with Crippen LogP contribution in [-0.2, 0) is 4.79 Å². The highest BCUT2D eigenvalue weighted by Gasteiger charge is 2.16. The molecule has 0 radical (unpaired) electrons. The summed E-state index contributed by atoms with van der Waals surface area (Å²) >= 11 is 0. The topological polar surface area (TPSA) is 17.1 Å². The van der Waals surface area contributed by atoms with Gasteiger partial charge in [0.15, 0.2) is 0 Å². The number of rotatable bonds is 8. The summed E-state index contributed by atoms with van der Waals surface area (Å²) in [5.74, 6) is 1.46. The fourth-order valence-corrected chi connectivity index (χ4v) is 2.00. The van der Waals surface area contributed by atoms with Crippen LogP contribution >= 0.6 is 0 Å². The highest BCUT2D eigenvalue weighted by Crippen LogP contribution is 2.23. The van der Waals surface area contributed by atoms with Crippen LogP contribution in [0.25, 0.3) is 0 Å². The largest absolute Gasteiger partial charge is 0.300 e. The minimum atomic E-state index is 0.316. The lowest BCUT2D eigenvalue weighted by molar-refractivity contribution is -0.121. The predicted octanol–water partition coefficient (Wildman–Crippen LogP) is 4.21. The van der Waals surface area contributed by atoms with Crippen molar-refractivity contribution < 1.29 is 4.79 Å². The molecule has 14 heavy (non-hydrogen) atoms. The van der Waals surface area contributed by atoms with E-state index in [-0.39, 0.29) is 0 Å². The van der Waals surface area contributed by atoms with E-state index in [4.69, 9.17) is 0 Å². The SMILES string of the molecule is CCCCC(CC)CC(CC)C(C)=O. The molecule has 0 amide bonds. The first-order chi connectivity index (χ1) is 6.65. The van der Waals surface area contributed by atoms with Gasteiger partial charge in [-0.3, -0.25) is 4.79 Å². The van der Waals surface area contributed by atoms with Gasteiger partial charge in [0.2, 0.25) is 0 Å². The third-order valence-corrected chi connectivity index (χ3v) is 3.23. The summed E-state index contributed by atoms with van der Waals surface area (Å²) in [7, 11) is 0. The van der Waals surface area contributed by atoms with Crippen molar-refractivity contribution in [1.82, 2.24) is 0 Å². The van der Waals surface area contributed by atoms with Crippen LogP contribution < -0.4 is 0 Å². The first-order valence-electron chi connectivity index (χ1n) is 6.16. The Bertz CT molecular complexity index is 151. The highest BCUT2D eigenvalue weighted by atomic mass is 16.1. The number of hydrogen-bond acceptors (Lipinski definition) is 1. The summed E-state index contributed by atoms with van der Waals surface area (Å²) in [5.41, 5.74) is 0. The fraction of sp³-hybridized carbons (Fsp3) is 0.923. The van der Waals surface area contributed by atoms with Crippen LogP contribution in [-0.4, -0.2) is 5.78 Å². The zero-order valence-corrected chi connectivity index (χ0v) is 10.3. The Morgan fingerprint density at radius 1 is 1.14 bits per heavy atom. The summed E-state index contributed by atoms with van der Waals surface area (Å²) in [6.45, 7) is 8.33. The van der Waals surface area contributed by atoms with Crippen molar-refractivity contribution in [3.63, 3.8) is 0 Å². The lowest BCUT2D eigenvalue weighted by Crippen LogP contribution is -2.15. The Morgan fingerprint density at radius 3 is 2.14 bits per heavy atom. The molecule has 0 rings (SSSR count). The van der Waals surface area contributed by atoms with Gasteiger partial charge in [-0.1, -0.05) is 46.5 Å². The van der Waals surface area contributed by atoms with Crippen LogP contribution in [0.15, 0.2) is 0 Å². The van der Waals surface area contributed by atoms with Gasteiger partial charge in [-0.05, 0) is 25.7 Å². The molecule has 0 fully saturated rings. The fourth-order valence-electron chi connectivity index (χ4n) is 2.00. The second-order valence-electron chi connectivity index (χ2n) is 4.37. The van der Waals surface area contributed by atoms with Gasteiger partial charge in [0, 0.05) is 5.92 Å². The zero-order valence-electron chi connectivity index (χ0n) is 10.3. The van der Waals surface area contributed by atoms with Gasteiger partial charge in [-0.25, -0.2) is 0 Å². The van der Waals surface area contributed by atoms with Crippen molar-refractivity contribution in [2.45, 2.75) is 66.2 Å². The maximum Gasteiger partial charge on any atom is 0.132 e. The molecule has 0 aromatic carbocycles. The third-order valence-electron chi connectivity index (χ3n) is 3.23. The van der Waals surface area contributed by atoms with Crippen molar-refractivity contribution in [2.24, 2.45) is 11.8 Å². The molecule has 0 heterocycles. The summed E-state index contributed by atoms with van der Waals surface area (Å²) in [6, 6.07) is 0. The van der Waals surface area contributed by atoms with E-state index in [0.717, 1.165) is 18.8 Å². The van der Waals surface area contributed by atoms with Crippen LogP contribution in [0.1, 0.15) is 66.2 Å². The smallest absolute Gasteiger partial charge is 0.132 e. The van der Waals surface area contributed by atoms with Gasteiger partial charge in [0.25, 0.3) is 0 Å². The van der Waals surface area contributed by atoms with Crippen LogP contribution in [0, 0.1) is 11.8 Å². The van der Waals surface area contributed by atoms with Crippen LogP contribution in [0.3, 0.4) is 0 Å². The number of carbonyl (C=O) groups excluding carboxylic acids is 1. The van der Waals surface area contributed by atoms with Gasteiger partial charge >= 0.3 is 0 Å². The molecule has 2 unspecified atom stereocenters. The van der Waals surface area contributed by atoms with E-state index in [9.17, 15) is 4.79 Å². The van der Waals surface area contributed by atoms with Crippen molar-refractivity contribution >= 4 is 5.78 Å². The van der Waals surface area contributed by atoms with Gasteiger partial charge < -0.3 is 0 Å². The molecule has 0 aromatic rings. The van der Waals surface area contributed by atoms with Crippen molar-refractivity contribution in [2.75, 3.05) is 0 Å². The predicted molar refractivity (Wildman–Crippen MR) is 62.4 cm³/mol. The Kier molecular flexibility index (Phi) is 7.83. The molecular formula is C13H26O. The molecule has 0 aliphatic heterocycles. The highest BCUT2D eigenvalue weighted by molar-refractivity contribution is 5.78.